The molecular weight excluding hydrogens is 565 g/mol. The summed E-state index contributed by atoms with van der Waals surface area (Å²) >= 11 is 2.08. The van der Waals surface area contributed by atoms with Gasteiger partial charge in [-0.2, -0.15) is 0 Å². The Hall–Kier alpha value is -3.28. The normalized spacial score (nSPS) is 15.1. The Bertz CT molecular complexity index is 1150. The van der Waals surface area contributed by atoms with Gasteiger partial charge in [-0.3, -0.25) is 4.79 Å². The Kier molecular flexibility index (Phi) is 8.96. The maximum atomic E-state index is 12.6. The summed E-state index contributed by atoms with van der Waals surface area (Å²) in [5.74, 6) is -0.0476. The fourth-order valence-corrected chi connectivity index (χ4v) is 4.33. The van der Waals surface area contributed by atoms with E-state index in [2.05, 4.69) is 38.5 Å². The second-order valence-electron chi connectivity index (χ2n) is 7.76. The Morgan fingerprint density at radius 2 is 1.77 bits per heavy atom. The first kappa shape index (κ1) is 26.3. The van der Waals surface area contributed by atoms with E-state index in [0.717, 1.165) is 5.56 Å². The van der Waals surface area contributed by atoms with E-state index >= 15 is 0 Å². The highest BCUT2D eigenvalue weighted by Gasteiger charge is 2.33. The van der Waals surface area contributed by atoms with Crippen molar-refractivity contribution in [1.82, 2.24) is 10.6 Å². The van der Waals surface area contributed by atoms with E-state index in [0.29, 0.717) is 44.2 Å². The van der Waals surface area contributed by atoms with Crippen LogP contribution in [-0.2, 0) is 14.3 Å². The molecule has 3 rings (SSSR count). The predicted molar refractivity (Wildman–Crippen MR) is 139 cm³/mol. The zero-order valence-electron chi connectivity index (χ0n) is 20.0. The van der Waals surface area contributed by atoms with Crippen molar-refractivity contribution in [3.05, 3.63) is 62.4 Å². The molecule has 0 unspecified atom stereocenters. The molecule has 0 saturated carbocycles. The molecule has 0 bridgehead atoms. The first-order chi connectivity index (χ1) is 16.7. The molecule has 2 aromatic carbocycles. The predicted octanol–water partition coefficient (Wildman–Crippen LogP) is 4.21. The van der Waals surface area contributed by atoms with Gasteiger partial charge in [0.1, 0.15) is 0 Å². The van der Waals surface area contributed by atoms with Gasteiger partial charge in [-0.05, 0) is 80.1 Å². The number of urea groups is 1. The molecule has 35 heavy (non-hydrogen) atoms. The van der Waals surface area contributed by atoms with Crippen molar-refractivity contribution < 1.29 is 28.6 Å². The van der Waals surface area contributed by atoms with Crippen molar-refractivity contribution in [1.29, 1.82) is 0 Å². The number of carbonyl (C=O) groups excluding carboxylic acids is 3. The summed E-state index contributed by atoms with van der Waals surface area (Å²) in [6.45, 7) is 7.50. The highest BCUT2D eigenvalue weighted by atomic mass is 127. The average Bonchev–Trinajstić information content (AvgIpc) is 2.79. The number of nitrogens with one attached hydrogen (secondary N) is 3. The van der Waals surface area contributed by atoms with E-state index in [1.165, 1.54) is 0 Å². The molecule has 1 heterocycles. The molecule has 0 aromatic heterocycles. The number of halogens is 1. The molecule has 3 amide bonds. The molecule has 186 valence electrons. The molecule has 3 N–H and O–H groups in total. The lowest BCUT2D eigenvalue weighted by molar-refractivity contribution is -0.139. The van der Waals surface area contributed by atoms with Crippen LogP contribution in [0.5, 0.6) is 11.5 Å². The fourth-order valence-electron chi connectivity index (χ4n) is 3.55. The molecule has 9 nitrogen and oxygen atoms in total. The van der Waals surface area contributed by atoms with Crippen molar-refractivity contribution in [2.75, 3.05) is 25.1 Å². The molecule has 10 heteroatoms. The third kappa shape index (κ3) is 6.65. The summed E-state index contributed by atoms with van der Waals surface area (Å²) in [7, 11) is 0. The first-order valence-corrected chi connectivity index (χ1v) is 12.2. The number of rotatable bonds is 9. The Morgan fingerprint density at radius 3 is 2.43 bits per heavy atom. The van der Waals surface area contributed by atoms with Gasteiger partial charge in [0.25, 0.3) is 5.91 Å². The summed E-state index contributed by atoms with van der Waals surface area (Å²) in [5.41, 5.74) is 3.10. The van der Waals surface area contributed by atoms with Crippen molar-refractivity contribution >= 4 is 46.2 Å². The van der Waals surface area contributed by atoms with Crippen LogP contribution in [-0.4, -0.2) is 37.7 Å². The van der Waals surface area contributed by atoms with Crippen molar-refractivity contribution in [2.24, 2.45) is 0 Å². The van der Waals surface area contributed by atoms with Crippen molar-refractivity contribution in [3.8, 4) is 11.5 Å². The number of hydrogen-bond acceptors (Lipinski definition) is 6. The van der Waals surface area contributed by atoms with Crippen molar-refractivity contribution in [2.45, 2.75) is 33.7 Å². The molecule has 1 aliphatic rings. The van der Waals surface area contributed by atoms with Gasteiger partial charge in [0.05, 0.1) is 28.4 Å². The SMILES string of the molecule is CCOC(=O)C1=C(C)NC(=O)N[C@@H]1c1cc(I)c(OCC(=O)Nc2ccc(C)cc2)c(OCC)c1. The lowest BCUT2D eigenvalue weighted by Crippen LogP contribution is -2.45. The number of benzene rings is 2. The Morgan fingerprint density at radius 1 is 1.06 bits per heavy atom. The van der Waals surface area contributed by atoms with Crippen LogP contribution in [0, 0.1) is 10.5 Å². The second kappa shape index (κ2) is 11.9. The molecule has 0 spiro atoms. The van der Waals surface area contributed by atoms with E-state index in [-0.39, 0.29) is 19.1 Å². The molecular formula is C25H28IN3O6. The van der Waals surface area contributed by atoms with Crippen LogP contribution < -0.4 is 25.4 Å². The molecule has 1 atom stereocenters. The van der Waals surface area contributed by atoms with Gasteiger partial charge < -0.3 is 30.2 Å². The van der Waals surface area contributed by atoms with Gasteiger partial charge in [0, 0.05) is 11.4 Å². The van der Waals surface area contributed by atoms with Gasteiger partial charge >= 0.3 is 12.0 Å². The molecule has 2 aromatic rings. The van der Waals surface area contributed by atoms with Gasteiger partial charge in [-0.15, -0.1) is 0 Å². The minimum Gasteiger partial charge on any atom is -0.490 e. The minimum atomic E-state index is -0.741. The molecule has 1 aliphatic heterocycles. The van der Waals surface area contributed by atoms with Crippen LogP contribution in [0.4, 0.5) is 10.5 Å². The van der Waals surface area contributed by atoms with Gasteiger partial charge in [-0.1, -0.05) is 17.7 Å². The van der Waals surface area contributed by atoms with Gasteiger partial charge in [0.15, 0.2) is 18.1 Å². The Balaban J connectivity index is 1.86. The molecule has 0 fully saturated rings. The lowest BCUT2D eigenvalue weighted by atomic mass is 9.95. The third-order valence-corrected chi connectivity index (χ3v) is 5.91. The topological polar surface area (TPSA) is 115 Å². The number of allylic oxidation sites excluding steroid dienone is 1. The zero-order chi connectivity index (χ0) is 25.5. The van der Waals surface area contributed by atoms with Crippen LogP contribution in [0.1, 0.15) is 37.9 Å². The van der Waals surface area contributed by atoms with Crippen LogP contribution in [0.15, 0.2) is 47.7 Å². The number of aryl methyl sites for hydroxylation is 1. The van der Waals surface area contributed by atoms with Crippen LogP contribution in [0.2, 0.25) is 0 Å². The van der Waals surface area contributed by atoms with E-state index in [4.69, 9.17) is 14.2 Å². The van der Waals surface area contributed by atoms with Crippen LogP contribution in [0.25, 0.3) is 0 Å². The number of carbonyl (C=O) groups is 3. The average molecular weight is 593 g/mol. The molecule has 0 saturated heterocycles. The monoisotopic (exact) mass is 593 g/mol. The Labute approximate surface area is 217 Å². The number of amides is 3. The van der Waals surface area contributed by atoms with E-state index in [1.807, 2.05) is 38.1 Å². The summed E-state index contributed by atoms with van der Waals surface area (Å²) in [6.07, 6.45) is 0. The number of ether oxygens (including phenoxy) is 3. The number of esters is 1. The minimum absolute atomic E-state index is 0.204. The molecule has 0 aliphatic carbocycles. The number of hydrogen-bond donors (Lipinski definition) is 3. The van der Waals surface area contributed by atoms with Gasteiger partial charge in [0.2, 0.25) is 0 Å². The maximum Gasteiger partial charge on any atom is 0.338 e. The highest BCUT2D eigenvalue weighted by Crippen LogP contribution is 2.38. The largest absolute Gasteiger partial charge is 0.490 e. The third-order valence-electron chi connectivity index (χ3n) is 5.11. The lowest BCUT2D eigenvalue weighted by Gasteiger charge is -2.28. The second-order valence-corrected chi connectivity index (χ2v) is 8.92. The summed E-state index contributed by atoms with van der Waals surface area (Å²) in [6, 6.07) is 9.76. The highest BCUT2D eigenvalue weighted by molar-refractivity contribution is 14.1. The standard InChI is InChI=1S/C25H28IN3O6/c1-5-33-19-12-16(22-21(24(31)34-6-2)15(4)27-25(32)29-22)11-18(26)23(19)35-13-20(30)28-17-9-7-14(3)8-10-17/h7-12,22H,5-6,13H2,1-4H3,(H,28,30)(H2,27,29,32)/t22-/m1/s1. The van der Waals surface area contributed by atoms with Crippen LogP contribution >= 0.6 is 22.6 Å². The summed E-state index contributed by atoms with van der Waals surface area (Å²) in [4.78, 5) is 37.2. The molecule has 0 radical (unpaired) electrons. The summed E-state index contributed by atoms with van der Waals surface area (Å²) < 4.78 is 17.5. The quantitative estimate of drug-likeness (QED) is 0.297. The maximum absolute atomic E-state index is 12.6. The van der Waals surface area contributed by atoms with Crippen molar-refractivity contribution in [3.63, 3.8) is 0 Å². The van der Waals surface area contributed by atoms with Gasteiger partial charge in [-0.25, -0.2) is 9.59 Å². The first-order valence-electron chi connectivity index (χ1n) is 11.1. The van der Waals surface area contributed by atoms with E-state index in [1.54, 1.807) is 26.0 Å². The zero-order valence-corrected chi connectivity index (χ0v) is 22.1. The number of anilines is 1. The van der Waals surface area contributed by atoms with Crippen LogP contribution in [0.3, 0.4) is 0 Å². The smallest absolute Gasteiger partial charge is 0.338 e. The van der Waals surface area contributed by atoms with E-state index < -0.39 is 18.0 Å². The summed E-state index contributed by atoms with van der Waals surface area (Å²) in [5, 5.41) is 8.19. The fraction of sp³-hybridized carbons (Fsp3) is 0.320. The van der Waals surface area contributed by atoms with E-state index in [9.17, 15) is 14.4 Å².